The molecule has 1 fully saturated rings. The van der Waals surface area contributed by atoms with Crippen molar-refractivity contribution in [3.8, 4) is 0 Å². The number of anilines is 1. The number of hydrogen-bond donors (Lipinski definition) is 2. The molecule has 14 heteroatoms. The maximum Gasteiger partial charge on any atom is 0.436 e. The maximum atomic E-state index is 14.3. The van der Waals surface area contributed by atoms with Crippen molar-refractivity contribution >= 4 is 17.4 Å². The van der Waals surface area contributed by atoms with Gasteiger partial charge in [-0.15, -0.1) is 0 Å². The van der Waals surface area contributed by atoms with E-state index in [2.05, 4.69) is 4.98 Å². The van der Waals surface area contributed by atoms with E-state index in [4.69, 9.17) is 0 Å². The third kappa shape index (κ3) is 3.66. The van der Waals surface area contributed by atoms with Crippen LogP contribution in [0.15, 0.2) is 17.7 Å². The van der Waals surface area contributed by atoms with E-state index < -0.39 is 81.4 Å². The lowest BCUT2D eigenvalue weighted by atomic mass is 10.0. The van der Waals surface area contributed by atoms with Gasteiger partial charge in [0.25, 0.3) is 11.9 Å². The molecule has 0 spiro atoms. The van der Waals surface area contributed by atoms with Gasteiger partial charge in [-0.2, -0.15) is 22.0 Å². The summed E-state index contributed by atoms with van der Waals surface area (Å²) < 4.78 is 121. The molecule has 5 nitrogen and oxygen atoms in total. The van der Waals surface area contributed by atoms with Crippen LogP contribution in [-0.2, 0) is 11.0 Å². The van der Waals surface area contributed by atoms with Crippen LogP contribution >= 0.6 is 0 Å². The molecule has 2 aromatic rings. The van der Waals surface area contributed by atoms with Gasteiger partial charge >= 0.3 is 6.18 Å². The van der Waals surface area contributed by atoms with E-state index in [0.29, 0.717) is 12.1 Å². The molecule has 1 unspecified atom stereocenters. The lowest BCUT2D eigenvalue weighted by Crippen LogP contribution is -2.39. The Labute approximate surface area is 166 Å². The van der Waals surface area contributed by atoms with Gasteiger partial charge < -0.3 is 5.11 Å². The van der Waals surface area contributed by atoms with Crippen LogP contribution in [0.3, 0.4) is 0 Å². The van der Waals surface area contributed by atoms with Crippen LogP contribution in [0.1, 0.15) is 18.2 Å². The van der Waals surface area contributed by atoms with Crippen molar-refractivity contribution in [1.82, 2.24) is 10.4 Å². The molecule has 0 aliphatic carbocycles. The number of halogens is 9. The molecule has 1 aliphatic heterocycles. The van der Waals surface area contributed by atoms with Gasteiger partial charge in [-0.1, -0.05) is 0 Å². The van der Waals surface area contributed by atoms with Crippen molar-refractivity contribution in [2.45, 2.75) is 19.1 Å². The lowest BCUT2D eigenvalue weighted by molar-refractivity contribution is -0.144. The van der Waals surface area contributed by atoms with Gasteiger partial charge in [0.05, 0.1) is 11.6 Å². The summed E-state index contributed by atoms with van der Waals surface area (Å²) in [6, 6.07) is -0.787. The molecule has 0 bridgehead atoms. The predicted molar refractivity (Wildman–Crippen MR) is 85.1 cm³/mol. The minimum Gasteiger partial charge on any atom is -0.507 e. The molecule has 1 amide bonds. The van der Waals surface area contributed by atoms with Gasteiger partial charge in [0, 0.05) is 5.56 Å². The summed E-state index contributed by atoms with van der Waals surface area (Å²) in [4.78, 5) is 14.7. The Hall–Kier alpha value is -3.29. The van der Waals surface area contributed by atoms with E-state index in [1.54, 1.807) is 0 Å². The second-order valence-electron chi connectivity index (χ2n) is 6.23. The topological polar surface area (TPSA) is 65.5 Å². The molecule has 0 saturated carbocycles. The van der Waals surface area contributed by atoms with Gasteiger partial charge in [0.1, 0.15) is 11.4 Å². The summed E-state index contributed by atoms with van der Waals surface area (Å²) in [7, 11) is 0. The highest BCUT2D eigenvalue weighted by Crippen LogP contribution is 2.38. The number of alkyl halides is 3. The van der Waals surface area contributed by atoms with Crippen LogP contribution in [-0.4, -0.2) is 22.0 Å². The number of nitrogens with one attached hydrogen (secondary N) is 1. The first-order valence-corrected chi connectivity index (χ1v) is 8.06. The molecule has 166 valence electrons. The lowest BCUT2D eigenvalue weighted by Gasteiger charge is -2.19. The van der Waals surface area contributed by atoms with Crippen LogP contribution < -0.4 is 10.4 Å². The van der Waals surface area contributed by atoms with E-state index in [1.165, 1.54) is 0 Å². The van der Waals surface area contributed by atoms with Crippen molar-refractivity contribution in [3.63, 3.8) is 0 Å². The Morgan fingerprint density at radius 2 is 1.58 bits per heavy atom. The Morgan fingerprint density at radius 3 is 2.10 bits per heavy atom. The summed E-state index contributed by atoms with van der Waals surface area (Å²) in [6.07, 6.45) is -5.55. The number of amides is 1. The van der Waals surface area contributed by atoms with E-state index in [-0.39, 0.29) is 5.01 Å². The standard InChI is InChI=1S/C17H8F9N3O2/c1-4-8(13(30)5-2-6(18)9(20)7(19)3-5)16(31)29(28-4)12-10(21)14(17(24,25)26)27-15(23)11(12)22/h2-4,28,30H,1H3. The van der Waals surface area contributed by atoms with Crippen molar-refractivity contribution < 1.29 is 49.4 Å². The summed E-state index contributed by atoms with van der Waals surface area (Å²) in [5, 5.41) is 10.1. The summed E-state index contributed by atoms with van der Waals surface area (Å²) in [5.41, 5.74) is -3.82. The van der Waals surface area contributed by atoms with E-state index in [0.717, 1.165) is 6.92 Å². The Bertz CT molecular complexity index is 1110. The smallest absolute Gasteiger partial charge is 0.436 e. The van der Waals surface area contributed by atoms with Crippen LogP contribution in [0.2, 0.25) is 0 Å². The predicted octanol–water partition coefficient (Wildman–Crippen LogP) is 4.14. The van der Waals surface area contributed by atoms with Crippen LogP contribution in [0.5, 0.6) is 0 Å². The highest BCUT2D eigenvalue weighted by Gasteiger charge is 2.45. The number of pyridine rings is 1. The minimum atomic E-state index is -5.55. The fourth-order valence-electron chi connectivity index (χ4n) is 2.83. The van der Waals surface area contributed by atoms with Crippen molar-refractivity contribution in [3.05, 3.63) is 64.0 Å². The number of hydrazine groups is 1. The number of aliphatic hydroxyl groups is 1. The van der Waals surface area contributed by atoms with Gasteiger partial charge in [0.2, 0.25) is 5.82 Å². The fourth-order valence-corrected chi connectivity index (χ4v) is 2.83. The fraction of sp³-hybridized carbons (Fsp3) is 0.176. The first-order chi connectivity index (χ1) is 14.3. The van der Waals surface area contributed by atoms with Gasteiger partial charge in [-0.3, -0.25) is 4.79 Å². The molecule has 2 N–H and O–H groups in total. The molecule has 1 saturated heterocycles. The number of benzene rings is 1. The molecule has 3 rings (SSSR count). The number of rotatable bonds is 2. The molecule has 1 atom stereocenters. The van der Waals surface area contributed by atoms with Crippen LogP contribution in [0.4, 0.5) is 45.2 Å². The molecule has 1 aromatic carbocycles. The zero-order valence-electron chi connectivity index (χ0n) is 14.9. The van der Waals surface area contributed by atoms with Crippen LogP contribution in [0.25, 0.3) is 5.76 Å². The monoisotopic (exact) mass is 457 g/mol. The molecule has 1 aromatic heterocycles. The average molecular weight is 457 g/mol. The van der Waals surface area contributed by atoms with Crippen molar-refractivity contribution in [1.29, 1.82) is 0 Å². The number of aliphatic hydroxyl groups excluding tert-OH is 1. The minimum absolute atomic E-state index is 0.156. The Kier molecular flexibility index (Phi) is 5.38. The second-order valence-corrected chi connectivity index (χ2v) is 6.23. The largest absolute Gasteiger partial charge is 0.507 e. The SMILES string of the molecule is CC1NN(c2c(F)c(F)nc(C(F)(F)F)c2F)C(=O)C1=C(O)c1cc(F)c(F)c(F)c1. The second kappa shape index (κ2) is 7.44. The van der Waals surface area contributed by atoms with Gasteiger partial charge in [-0.05, 0) is 19.1 Å². The van der Waals surface area contributed by atoms with Crippen molar-refractivity contribution in [2.24, 2.45) is 0 Å². The third-order valence-electron chi connectivity index (χ3n) is 4.21. The number of carbonyl (C=O) groups excluding carboxylic acids is 1. The Balaban J connectivity index is 2.16. The number of aromatic nitrogens is 1. The average Bonchev–Trinajstić information content (AvgIpc) is 2.95. The number of hydrogen-bond acceptors (Lipinski definition) is 4. The third-order valence-corrected chi connectivity index (χ3v) is 4.21. The first kappa shape index (κ1) is 22.4. The van der Waals surface area contributed by atoms with Crippen LogP contribution in [0, 0.1) is 35.0 Å². The molecular formula is C17H8F9N3O2. The van der Waals surface area contributed by atoms with Crippen molar-refractivity contribution in [2.75, 3.05) is 5.01 Å². The molecule has 31 heavy (non-hydrogen) atoms. The summed E-state index contributed by atoms with van der Waals surface area (Å²) in [6.45, 7) is 1.08. The molecule has 1 aliphatic rings. The summed E-state index contributed by atoms with van der Waals surface area (Å²) in [5.74, 6) is -15.2. The first-order valence-electron chi connectivity index (χ1n) is 8.06. The summed E-state index contributed by atoms with van der Waals surface area (Å²) >= 11 is 0. The number of carbonyl (C=O) groups is 1. The normalized spacial score (nSPS) is 18.7. The highest BCUT2D eigenvalue weighted by atomic mass is 19.4. The highest BCUT2D eigenvalue weighted by molar-refractivity contribution is 6.12. The maximum absolute atomic E-state index is 14.3. The molecular weight excluding hydrogens is 449 g/mol. The van der Waals surface area contributed by atoms with Gasteiger partial charge in [0.15, 0.2) is 29.0 Å². The molecule has 0 radical (unpaired) electrons. The van der Waals surface area contributed by atoms with E-state index in [1.807, 2.05) is 5.43 Å². The molecule has 2 heterocycles. The quantitative estimate of drug-likeness (QED) is 0.234. The zero-order valence-corrected chi connectivity index (χ0v) is 14.9. The number of nitrogens with zero attached hydrogens (tertiary/aromatic N) is 2. The van der Waals surface area contributed by atoms with E-state index in [9.17, 15) is 49.4 Å². The Morgan fingerprint density at radius 1 is 1.03 bits per heavy atom. The van der Waals surface area contributed by atoms with Gasteiger partial charge in [-0.25, -0.2) is 33.0 Å². The zero-order chi connectivity index (χ0) is 23.4. The van der Waals surface area contributed by atoms with E-state index >= 15 is 0 Å².